The van der Waals surface area contributed by atoms with Crippen molar-refractivity contribution >= 4 is 29.7 Å². The van der Waals surface area contributed by atoms with Crippen LogP contribution in [0.1, 0.15) is 12.0 Å². The maximum absolute atomic E-state index is 11.9. The lowest BCUT2D eigenvalue weighted by Crippen LogP contribution is -2.48. The second-order valence-electron chi connectivity index (χ2n) is 5.20. The van der Waals surface area contributed by atoms with Gasteiger partial charge in [-0.15, -0.1) is 0 Å². The van der Waals surface area contributed by atoms with Crippen LogP contribution in [0.3, 0.4) is 0 Å². The average molecular weight is 353 g/mol. The minimum Gasteiger partial charge on any atom is -0.445 e. The van der Waals surface area contributed by atoms with Crippen molar-refractivity contribution in [1.29, 1.82) is 0 Å². The molecule has 0 saturated heterocycles. The summed E-state index contributed by atoms with van der Waals surface area (Å²) in [7, 11) is 1.45. The first-order chi connectivity index (χ1) is 11.4. The van der Waals surface area contributed by atoms with Crippen LogP contribution >= 0.6 is 11.8 Å². The van der Waals surface area contributed by atoms with Crippen molar-refractivity contribution in [3.8, 4) is 0 Å². The Morgan fingerprint density at radius 2 is 1.96 bits per heavy atom. The number of hydrogen-bond donors (Lipinski definition) is 2. The van der Waals surface area contributed by atoms with Gasteiger partial charge in [-0.25, -0.2) is 4.79 Å². The molecule has 7 nitrogen and oxygen atoms in total. The number of amides is 3. The highest BCUT2D eigenvalue weighted by Crippen LogP contribution is 2.03. The Morgan fingerprint density at radius 3 is 2.54 bits per heavy atom. The topological polar surface area (TPSA) is 102 Å². The van der Waals surface area contributed by atoms with Gasteiger partial charge in [0.05, 0.1) is 0 Å². The Bertz CT molecular complexity index is 554. The summed E-state index contributed by atoms with van der Waals surface area (Å²) >= 11 is 1.55. The third-order valence-corrected chi connectivity index (χ3v) is 3.83. The molecule has 0 aliphatic rings. The lowest BCUT2D eigenvalue weighted by molar-refractivity contribution is -0.127. The first-order valence-electron chi connectivity index (χ1n) is 7.43. The summed E-state index contributed by atoms with van der Waals surface area (Å²) in [6, 6.07) is 8.50. The Labute approximate surface area is 145 Å². The van der Waals surface area contributed by atoms with Gasteiger partial charge in [-0.3, -0.25) is 9.59 Å². The number of rotatable bonds is 9. The SMILES string of the molecule is CSCC[C@@H](NC(=O)CN(C)C(=O)OCc1ccccc1)C(N)=O. The van der Waals surface area contributed by atoms with E-state index in [9.17, 15) is 14.4 Å². The summed E-state index contributed by atoms with van der Waals surface area (Å²) in [6.07, 6.45) is 1.73. The molecule has 1 aromatic carbocycles. The summed E-state index contributed by atoms with van der Waals surface area (Å²) < 4.78 is 5.12. The minimum atomic E-state index is -0.737. The monoisotopic (exact) mass is 353 g/mol. The quantitative estimate of drug-likeness (QED) is 0.689. The van der Waals surface area contributed by atoms with Crippen LogP contribution in [0.4, 0.5) is 4.79 Å². The van der Waals surface area contributed by atoms with Crippen LogP contribution in [-0.4, -0.2) is 54.5 Å². The fourth-order valence-electron chi connectivity index (χ4n) is 1.87. The van der Waals surface area contributed by atoms with Gasteiger partial charge in [0.15, 0.2) is 0 Å². The van der Waals surface area contributed by atoms with Crippen molar-refractivity contribution in [1.82, 2.24) is 10.2 Å². The molecule has 24 heavy (non-hydrogen) atoms. The van der Waals surface area contributed by atoms with Crippen molar-refractivity contribution < 1.29 is 19.1 Å². The molecule has 3 amide bonds. The molecular formula is C16H23N3O4S. The maximum atomic E-state index is 11.9. The van der Waals surface area contributed by atoms with Gasteiger partial charge in [-0.05, 0) is 24.0 Å². The zero-order chi connectivity index (χ0) is 17.9. The van der Waals surface area contributed by atoms with E-state index >= 15 is 0 Å². The number of hydrogen-bond acceptors (Lipinski definition) is 5. The van der Waals surface area contributed by atoms with E-state index in [1.165, 1.54) is 7.05 Å². The summed E-state index contributed by atoms with van der Waals surface area (Å²) in [6.45, 7) is -0.0834. The van der Waals surface area contributed by atoms with Gasteiger partial charge >= 0.3 is 6.09 Å². The molecule has 0 bridgehead atoms. The van der Waals surface area contributed by atoms with E-state index in [0.717, 1.165) is 10.5 Å². The minimum absolute atomic E-state index is 0.128. The lowest BCUT2D eigenvalue weighted by Gasteiger charge is -2.19. The molecule has 0 unspecified atom stereocenters. The smallest absolute Gasteiger partial charge is 0.410 e. The molecule has 1 rings (SSSR count). The molecule has 132 valence electrons. The van der Waals surface area contributed by atoms with Crippen LogP contribution in [-0.2, 0) is 20.9 Å². The third-order valence-electron chi connectivity index (χ3n) is 3.19. The Morgan fingerprint density at radius 1 is 1.29 bits per heavy atom. The van der Waals surface area contributed by atoms with Gasteiger partial charge in [-0.1, -0.05) is 30.3 Å². The fraction of sp³-hybridized carbons (Fsp3) is 0.438. The van der Waals surface area contributed by atoms with E-state index < -0.39 is 23.9 Å². The number of thioether (sulfide) groups is 1. The van der Waals surface area contributed by atoms with Gasteiger partial charge in [0.1, 0.15) is 19.2 Å². The number of carbonyl (C=O) groups excluding carboxylic acids is 3. The van der Waals surface area contributed by atoms with E-state index in [-0.39, 0.29) is 13.2 Å². The predicted octanol–water partition coefficient (Wildman–Crippen LogP) is 0.978. The third kappa shape index (κ3) is 7.36. The largest absolute Gasteiger partial charge is 0.445 e. The molecule has 0 spiro atoms. The van der Waals surface area contributed by atoms with Gasteiger partial charge in [0.25, 0.3) is 0 Å². The van der Waals surface area contributed by atoms with E-state index in [1.807, 2.05) is 36.6 Å². The highest BCUT2D eigenvalue weighted by molar-refractivity contribution is 7.98. The molecule has 0 aromatic heterocycles. The zero-order valence-corrected chi connectivity index (χ0v) is 14.7. The van der Waals surface area contributed by atoms with Crippen LogP contribution in [0.25, 0.3) is 0 Å². The summed E-state index contributed by atoms with van der Waals surface area (Å²) in [5, 5.41) is 2.53. The Hall–Kier alpha value is -2.22. The van der Waals surface area contributed by atoms with E-state index in [0.29, 0.717) is 12.2 Å². The van der Waals surface area contributed by atoms with E-state index in [1.54, 1.807) is 11.8 Å². The van der Waals surface area contributed by atoms with Crippen LogP contribution in [0.15, 0.2) is 30.3 Å². The van der Waals surface area contributed by atoms with E-state index in [4.69, 9.17) is 10.5 Å². The van der Waals surface area contributed by atoms with Crippen LogP contribution in [0, 0.1) is 0 Å². The van der Waals surface area contributed by atoms with Crippen LogP contribution < -0.4 is 11.1 Å². The molecule has 0 aliphatic heterocycles. The number of benzene rings is 1. The number of primary amides is 1. The van der Waals surface area contributed by atoms with Crippen molar-refractivity contribution in [3.05, 3.63) is 35.9 Å². The standard InChI is InChI=1S/C16H23N3O4S/c1-19(16(22)23-11-12-6-4-3-5-7-12)10-14(20)18-13(15(17)21)8-9-24-2/h3-7,13H,8-11H2,1-2H3,(H2,17,21)(H,18,20)/t13-/m1/s1. The number of nitrogens with zero attached hydrogens (tertiary/aromatic N) is 1. The zero-order valence-electron chi connectivity index (χ0n) is 13.9. The molecular weight excluding hydrogens is 330 g/mol. The molecule has 0 fully saturated rings. The molecule has 0 radical (unpaired) electrons. The highest BCUT2D eigenvalue weighted by atomic mass is 32.2. The molecule has 1 aromatic rings. The number of nitrogens with two attached hydrogens (primary N) is 1. The van der Waals surface area contributed by atoms with Crippen LogP contribution in [0.5, 0.6) is 0 Å². The maximum Gasteiger partial charge on any atom is 0.410 e. The summed E-state index contributed by atoms with van der Waals surface area (Å²) in [4.78, 5) is 36.3. The number of carbonyl (C=O) groups is 3. The van der Waals surface area contributed by atoms with Gasteiger partial charge < -0.3 is 20.7 Å². The normalized spacial score (nSPS) is 11.4. The predicted molar refractivity (Wildman–Crippen MR) is 93.4 cm³/mol. The average Bonchev–Trinajstić information content (AvgIpc) is 2.56. The number of nitrogens with one attached hydrogen (secondary N) is 1. The molecule has 0 aliphatic carbocycles. The van der Waals surface area contributed by atoms with Crippen molar-refractivity contribution in [2.75, 3.05) is 25.6 Å². The summed E-state index contributed by atoms with van der Waals surface area (Å²) in [5.74, 6) is -0.353. The second kappa shape index (κ2) is 10.5. The molecule has 0 saturated carbocycles. The molecule has 8 heteroatoms. The van der Waals surface area contributed by atoms with Crippen molar-refractivity contribution in [3.63, 3.8) is 0 Å². The highest BCUT2D eigenvalue weighted by Gasteiger charge is 2.20. The molecule has 3 N–H and O–H groups in total. The first kappa shape index (κ1) is 19.8. The lowest BCUT2D eigenvalue weighted by atomic mass is 10.2. The van der Waals surface area contributed by atoms with Gasteiger partial charge in [0, 0.05) is 7.05 Å². The van der Waals surface area contributed by atoms with E-state index in [2.05, 4.69) is 5.32 Å². The first-order valence-corrected chi connectivity index (χ1v) is 8.83. The Balaban J connectivity index is 2.41. The van der Waals surface area contributed by atoms with Crippen molar-refractivity contribution in [2.45, 2.75) is 19.1 Å². The van der Waals surface area contributed by atoms with Crippen LogP contribution in [0.2, 0.25) is 0 Å². The van der Waals surface area contributed by atoms with Gasteiger partial charge in [-0.2, -0.15) is 11.8 Å². The number of likely N-dealkylation sites (N-methyl/N-ethyl adjacent to an activating group) is 1. The number of ether oxygens (including phenoxy) is 1. The molecule has 0 heterocycles. The fourth-order valence-corrected chi connectivity index (χ4v) is 2.34. The van der Waals surface area contributed by atoms with Crippen molar-refractivity contribution in [2.24, 2.45) is 5.73 Å². The Kier molecular flexibility index (Phi) is 8.70. The van der Waals surface area contributed by atoms with Gasteiger partial charge in [0.2, 0.25) is 11.8 Å². The summed E-state index contributed by atoms with van der Waals surface area (Å²) in [5.41, 5.74) is 6.12. The molecule has 1 atom stereocenters. The second-order valence-corrected chi connectivity index (χ2v) is 6.19.